The van der Waals surface area contributed by atoms with Gasteiger partial charge in [0, 0.05) is 46.4 Å². The standard InChI is InChI=1S/C21H31N3O4/c1-17-5-3-6-18(15-17)28-16-20(25)23-9-4-8-22(11-12-23)19-7-10-24(21(19)26)13-14-27-2/h3,5-6,15,19H,4,7-14,16H2,1-2H3/t19-/m1/s1. The minimum Gasteiger partial charge on any atom is -0.484 e. The van der Waals surface area contributed by atoms with Gasteiger partial charge in [-0.15, -0.1) is 0 Å². The maximum absolute atomic E-state index is 12.7. The smallest absolute Gasteiger partial charge is 0.260 e. The zero-order valence-corrected chi connectivity index (χ0v) is 16.9. The first kappa shape index (κ1) is 20.6. The van der Waals surface area contributed by atoms with Crippen LogP contribution < -0.4 is 4.74 Å². The Morgan fingerprint density at radius 1 is 1.18 bits per heavy atom. The Morgan fingerprint density at radius 3 is 2.82 bits per heavy atom. The van der Waals surface area contributed by atoms with E-state index in [9.17, 15) is 9.59 Å². The van der Waals surface area contributed by atoms with Gasteiger partial charge in [-0.25, -0.2) is 0 Å². The third-order valence-corrected chi connectivity index (χ3v) is 5.51. The summed E-state index contributed by atoms with van der Waals surface area (Å²) >= 11 is 0. The van der Waals surface area contributed by atoms with Gasteiger partial charge in [0.15, 0.2) is 6.61 Å². The molecule has 1 aromatic rings. The van der Waals surface area contributed by atoms with Crippen molar-refractivity contribution >= 4 is 11.8 Å². The topological polar surface area (TPSA) is 62.3 Å². The van der Waals surface area contributed by atoms with E-state index in [4.69, 9.17) is 9.47 Å². The van der Waals surface area contributed by atoms with E-state index < -0.39 is 0 Å². The molecule has 2 fully saturated rings. The van der Waals surface area contributed by atoms with Gasteiger partial charge in [-0.3, -0.25) is 14.5 Å². The number of nitrogens with zero attached hydrogens (tertiary/aromatic N) is 3. The number of amides is 2. The van der Waals surface area contributed by atoms with E-state index in [2.05, 4.69) is 4.90 Å². The van der Waals surface area contributed by atoms with Gasteiger partial charge in [-0.2, -0.15) is 0 Å². The molecule has 0 saturated carbocycles. The van der Waals surface area contributed by atoms with E-state index >= 15 is 0 Å². The van der Waals surface area contributed by atoms with Crippen molar-refractivity contribution in [3.63, 3.8) is 0 Å². The number of likely N-dealkylation sites (tertiary alicyclic amines) is 1. The summed E-state index contributed by atoms with van der Waals surface area (Å²) in [6, 6.07) is 7.66. The van der Waals surface area contributed by atoms with Crippen LogP contribution in [0.2, 0.25) is 0 Å². The molecule has 0 unspecified atom stereocenters. The molecule has 2 amide bonds. The molecule has 7 heteroatoms. The molecule has 28 heavy (non-hydrogen) atoms. The number of benzene rings is 1. The van der Waals surface area contributed by atoms with Gasteiger partial charge >= 0.3 is 0 Å². The second-order valence-electron chi connectivity index (χ2n) is 7.50. The van der Waals surface area contributed by atoms with Crippen molar-refractivity contribution in [2.24, 2.45) is 0 Å². The predicted molar refractivity (Wildman–Crippen MR) is 106 cm³/mol. The third-order valence-electron chi connectivity index (χ3n) is 5.51. The van der Waals surface area contributed by atoms with E-state index in [1.807, 2.05) is 41.0 Å². The SMILES string of the molecule is COCCN1CC[C@@H](N2CCCN(C(=O)COc3cccc(C)c3)CC2)C1=O. The van der Waals surface area contributed by atoms with Crippen molar-refractivity contribution in [1.82, 2.24) is 14.7 Å². The van der Waals surface area contributed by atoms with Crippen LogP contribution in [0.5, 0.6) is 5.75 Å². The van der Waals surface area contributed by atoms with Crippen LogP contribution in [-0.4, -0.2) is 92.1 Å². The number of carbonyl (C=O) groups is 2. The van der Waals surface area contributed by atoms with Crippen molar-refractivity contribution in [3.8, 4) is 5.75 Å². The molecule has 2 aliphatic heterocycles. The van der Waals surface area contributed by atoms with Gasteiger partial charge < -0.3 is 19.3 Å². The van der Waals surface area contributed by atoms with Crippen LogP contribution >= 0.6 is 0 Å². The minimum absolute atomic E-state index is 0.00262. The lowest BCUT2D eigenvalue weighted by Crippen LogP contribution is -2.44. The number of hydrogen-bond acceptors (Lipinski definition) is 5. The number of hydrogen-bond donors (Lipinski definition) is 0. The largest absolute Gasteiger partial charge is 0.484 e. The Morgan fingerprint density at radius 2 is 2.04 bits per heavy atom. The summed E-state index contributed by atoms with van der Waals surface area (Å²) in [6.45, 7) is 6.98. The van der Waals surface area contributed by atoms with Gasteiger partial charge in [0.2, 0.25) is 5.91 Å². The zero-order chi connectivity index (χ0) is 19.9. The Bertz CT molecular complexity index is 681. The zero-order valence-electron chi connectivity index (χ0n) is 16.9. The Kier molecular flexibility index (Phi) is 7.28. The maximum atomic E-state index is 12.7. The monoisotopic (exact) mass is 389 g/mol. The van der Waals surface area contributed by atoms with Crippen LogP contribution in [0.3, 0.4) is 0 Å². The lowest BCUT2D eigenvalue weighted by Gasteiger charge is -2.26. The molecule has 1 atom stereocenters. The summed E-state index contributed by atoms with van der Waals surface area (Å²) in [7, 11) is 1.65. The van der Waals surface area contributed by atoms with Crippen molar-refractivity contribution < 1.29 is 19.1 Å². The van der Waals surface area contributed by atoms with Gasteiger partial charge in [-0.05, 0) is 37.5 Å². The molecule has 0 spiro atoms. The number of carbonyl (C=O) groups excluding carboxylic acids is 2. The summed E-state index contributed by atoms with van der Waals surface area (Å²) in [4.78, 5) is 31.2. The normalized spacial score (nSPS) is 21.1. The van der Waals surface area contributed by atoms with Crippen LogP contribution in [0.25, 0.3) is 0 Å². The van der Waals surface area contributed by atoms with Crippen LogP contribution in [0.4, 0.5) is 0 Å². The number of ether oxygens (including phenoxy) is 2. The van der Waals surface area contributed by atoms with Gasteiger partial charge in [0.1, 0.15) is 5.75 Å². The average molecular weight is 389 g/mol. The van der Waals surface area contributed by atoms with Crippen molar-refractivity contribution in [3.05, 3.63) is 29.8 Å². The lowest BCUT2D eigenvalue weighted by molar-refractivity contribution is -0.133. The number of rotatable bonds is 7. The molecule has 3 rings (SSSR count). The van der Waals surface area contributed by atoms with E-state index in [1.54, 1.807) is 7.11 Å². The molecule has 7 nitrogen and oxygen atoms in total. The molecule has 2 saturated heterocycles. The van der Waals surface area contributed by atoms with Crippen molar-refractivity contribution in [2.75, 3.05) is 59.6 Å². The molecule has 0 aromatic heterocycles. The van der Waals surface area contributed by atoms with E-state index in [1.165, 1.54) is 0 Å². The predicted octanol–water partition coefficient (Wildman–Crippen LogP) is 1.16. The molecule has 2 aliphatic rings. The number of methoxy groups -OCH3 is 1. The van der Waals surface area contributed by atoms with Crippen LogP contribution in [0, 0.1) is 6.92 Å². The van der Waals surface area contributed by atoms with E-state index in [0.717, 1.165) is 43.8 Å². The second kappa shape index (κ2) is 9.89. The molecule has 1 aromatic carbocycles. The Hall–Kier alpha value is -2.12. The fraction of sp³-hybridized carbons (Fsp3) is 0.619. The van der Waals surface area contributed by atoms with Crippen LogP contribution in [-0.2, 0) is 14.3 Å². The molecule has 0 N–H and O–H groups in total. The van der Waals surface area contributed by atoms with Gasteiger partial charge in [0.05, 0.1) is 12.6 Å². The van der Waals surface area contributed by atoms with Crippen LogP contribution in [0.1, 0.15) is 18.4 Å². The highest BCUT2D eigenvalue weighted by Crippen LogP contribution is 2.19. The third kappa shape index (κ3) is 5.23. The first-order chi connectivity index (χ1) is 13.6. The first-order valence-corrected chi connectivity index (χ1v) is 10.1. The maximum Gasteiger partial charge on any atom is 0.260 e. The lowest BCUT2D eigenvalue weighted by atomic mass is 10.2. The highest BCUT2D eigenvalue weighted by atomic mass is 16.5. The average Bonchev–Trinajstić information content (AvgIpc) is 2.90. The van der Waals surface area contributed by atoms with Crippen molar-refractivity contribution in [1.29, 1.82) is 0 Å². The van der Waals surface area contributed by atoms with Gasteiger partial charge in [-0.1, -0.05) is 12.1 Å². The summed E-state index contributed by atoms with van der Waals surface area (Å²) in [5.74, 6) is 0.917. The molecular formula is C21H31N3O4. The molecule has 0 bridgehead atoms. The first-order valence-electron chi connectivity index (χ1n) is 10.1. The molecule has 154 valence electrons. The fourth-order valence-electron chi connectivity index (χ4n) is 3.92. The summed E-state index contributed by atoms with van der Waals surface area (Å²) in [5, 5.41) is 0. The summed E-state index contributed by atoms with van der Waals surface area (Å²) in [5.41, 5.74) is 1.11. The van der Waals surface area contributed by atoms with E-state index in [0.29, 0.717) is 26.2 Å². The highest BCUT2D eigenvalue weighted by Gasteiger charge is 2.36. The quantitative estimate of drug-likeness (QED) is 0.700. The molecule has 0 radical (unpaired) electrons. The Balaban J connectivity index is 1.48. The van der Waals surface area contributed by atoms with E-state index in [-0.39, 0.29) is 24.5 Å². The molecular weight excluding hydrogens is 358 g/mol. The fourth-order valence-corrected chi connectivity index (χ4v) is 3.92. The highest BCUT2D eigenvalue weighted by molar-refractivity contribution is 5.84. The van der Waals surface area contributed by atoms with Crippen molar-refractivity contribution in [2.45, 2.75) is 25.8 Å². The molecule has 0 aliphatic carbocycles. The number of aryl methyl sites for hydroxylation is 1. The minimum atomic E-state index is -0.0598. The van der Waals surface area contributed by atoms with Crippen LogP contribution in [0.15, 0.2) is 24.3 Å². The molecule has 2 heterocycles. The summed E-state index contributed by atoms with van der Waals surface area (Å²) < 4.78 is 10.8. The Labute approximate surface area is 167 Å². The van der Waals surface area contributed by atoms with Gasteiger partial charge in [0.25, 0.3) is 5.91 Å². The summed E-state index contributed by atoms with van der Waals surface area (Å²) in [6.07, 6.45) is 1.73. The second-order valence-corrected chi connectivity index (χ2v) is 7.50.